The summed E-state index contributed by atoms with van der Waals surface area (Å²) in [5.74, 6) is 0.642. The van der Waals surface area contributed by atoms with Crippen LogP contribution in [0.1, 0.15) is 22.8 Å². The van der Waals surface area contributed by atoms with Crippen LogP contribution in [0.4, 0.5) is 0 Å². The summed E-state index contributed by atoms with van der Waals surface area (Å²) in [6.45, 7) is 4.38. The number of rotatable bonds is 4. The van der Waals surface area contributed by atoms with Crippen molar-refractivity contribution in [3.8, 4) is 5.75 Å². The third-order valence-electron chi connectivity index (χ3n) is 1.86. The van der Waals surface area contributed by atoms with Gasteiger partial charge in [0.2, 0.25) is 0 Å². The summed E-state index contributed by atoms with van der Waals surface area (Å²) >= 11 is 0. The van der Waals surface area contributed by atoms with Gasteiger partial charge in [-0.05, 0) is 26.0 Å². The van der Waals surface area contributed by atoms with E-state index >= 15 is 0 Å². The predicted octanol–water partition coefficient (Wildman–Crippen LogP) is 2.76. The number of ether oxygens (including phenoxy) is 1. The van der Waals surface area contributed by atoms with Gasteiger partial charge in [0, 0.05) is 0 Å². The second-order valence-corrected chi connectivity index (χ2v) is 3.04. The van der Waals surface area contributed by atoms with Crippen LogP contribution in [0.2, 0.25) is 0 Å². The number of aryl methyl sites for hydroxylation is 1. The Morgan fingerprint density at radius 3 is 2.86 bits per heavy atom. The van der Waals surface area contributed by atoms with E-state index in [9.17, 15) is 4.79 Å². The molecule has 0 N–H and O–H groups in total. The molecule has 0 aliphatic heterocycles. The minimum absolute atomic E-state index is 0.500. The standard InChI is InChI=1S/C12H14O2/c1-3-4-7-14-12-6-5-10(2)8-11(12)9-13/h3-6,8-9H,7H2,1-2H3. The van der Waals surface area contributed by atoms with Crippen LogP contribution in [0, 0.1) is 6.92 Å². The van der Waals surface area contributed by atoms with E-state index in [0.29, 0.717) is 17.9 Å². The fourth-order valence-corrected chi connectivity index (χ4v) is 1.13. The van der Waals surface area contributed by atoms with E-state index in [2.05, 4.69) is 0 Å². The minimum atomic E-state index is 0.500. The van der Waals surface area contributed by atoms with Gasteiger partial charge in [0.25, 0.3) is 0 Å². The fraction of sp³-hybridized carbons (Fsp3) is 0.250. The number of hydrogen-bond donors (Lipinski definition) is 0. The molecule has 0 unspecified atom stereocenters. The SMILES string of the molecule is CC=CCOc1ccc(C)cc1C=O. The zero-order chi connectivity index (χ0) is 10.4. The second-order valence-electron chi connectivity index (χ2n) is 3.04. The van der Waals surface area contributed by atoms with Gasteiger partial charge in [-0.2, -0.15) is 0 Å². The highest BCUT2D eigenvalue weighted by Gasteiger charge is 2.01. The van der Waals surface area contributed by atoms with Gasteiger partial charge < -0.3 is 4.74 Å². The lowest BCUT2D eigenvalue weighted by Crippen LogP contribution is -1.97. The van der Waals surface area contributed by atoms with Gasteiger partial charge in [0.15, 0.2) is 6.29 Å². The molecule has 14 heavy (non-hydrogen) atoms. The first-order valence-electron chi connectivity index (χ1n) is 4.57. The maximum absolute atomic E-state index is 10.7. The fourth-order valence-electron chi connectivity index (χ4n) is 1.13. The zero-order valence-corrected chi connectivity index (χ0v) is 8.49. The molecule has 0 aromatic heterocycles. The van der Waals surface area contributed by atoms with Crippen LogP contribution in [-0.2, 0) is 0 Å². The average molecular weight is 190 g/mol. The smallest absolute Gasteiger partial charge is 0.153 e. The van der Waals surface area contributed by atoms with Gasteiger partial charge in [-0.25, -0.2) is 0 Å². The van der Waals surface area contributed by atoms with Gasteiger partial charge in [0.05, 0.1) is 5.56 Å². The molecule has 1 rings (SSSR count). The van der Waals surface area contributed by atoms with E-state index in [1.54, 1.807) is 0 Å². The van der Waals surface area contributed by atoms with Crippen molar-refractivity contribution in [2.75, 3.05) is 6.61 Å². The van der Waals surface area contributed by atoms with Crippen molar-refractivity contribution >= 4 is 6.29 Å². The Hall–Kier alpha value is -1.57. The van der Waals surface area contributed by atoms with Crippen LogP contribution in [-0.4, -0.2) is 12.9 Å². The van der Waals surface area contributed by atoms with Crippen LogP contribution in [0.25, 0.3) is 0 Å². The summed E-state index contributed by atoms with van der Waals surface area (Å²) in [4.78, 5) is 10.7. The van der Waals surface area contributed by atoms with E-state index in [1.165, 1.54) is 0 Å². The Morgan fingerprint density at radius 2 is 2.21 bits per heavy atom. The van der Waals surface area contributed by atoms with Crippen molar-refractivity contribution in [2.24, 2.45) is 0 Å². The van der Waals surface area contributed by atoms with E-state index in [0.717, 1.165) is 11.8 Å². The maximum atomic E-state index is 10.7. The van der Waals surface area contributed by atoms with Crippen molar-refractivity contribution in [3.63, 3.8) is 0 Å². The number of allylic oxidation sites excluding steroid dienone is 1. The van der Waals surface area contributed by atoms with E-state index in [4.69, 9.17) is 4.74 Å². The molecule has 74 valence electrons. The molecule has 1 aromatic rings. The number of aldehydes is 1. The van der Waals surface area contributed by atoms with Crippen molar-refractivity contribution in [1.82, 2.24) is 0 Å². The molecule has 0 aliphatic rings. The highest BCUT2D eigenvalue weighted by molar-refractivity contribution is 5.79. The van der Waals surface area contributed by atoms with Gasteiger partial charge in [-0.15, -0.1) is 0 Å². The first-order chi connectivity index (χ1) is 6.77. The third-order valence-corrected chi connectivity index (χ3v) is 1.86. The Morgan fingerprint density at radius 1 is 1.43 bits per heavy atom. The highest BCUT2D eigenvalue weighted by atomic mass is 16.5. The molecule has 0 bridgehead atoms. The molecule has 0 aliphatic carbocycles. The zero-order valence-electron chi connectivity index (χ0n) is 8.49. The van der Waals surface area contributed by atoms with E-state index < -0.39 is 0 Å². The molecule has 0 radical (unpaired) electrons. The molecule has 2 nitrogen and oxygen atoms in total. The van der Waals surface area contributed by atoms with E-state index in [-0.39, 0.29) is 0 Å². The molecule has 2 heteroatoms. The number of carbonyl (C=O) groups excluding carboxylic acids is 1. The van der Waals surface area contributed by atoms with Crippen molar-refractivity contribution in [3.05, 3.63) is 41.5 Å². The van der Waals surface area contributed by atoms with Crippen LogP contribution in [0.5, 0.6) is 5.75 Å². The minimum Gasteiger partial charge on any atom is -0.489 e. The topological polar surface area (TPSA) is 26.3 Å². The third kappa shape index (κ3) is 2.73. The molecule has 0 saturated heterocycles. The quantitative estimate of drug-likeness (QED) is 0.539. The van der Waals surface area contributed by atoms with Crippen LogP contribution < -0.4 is 4.74 Å². The molecule has 0 saturated carbocycles. The summed E-state index contributed by atoms with van der Waals surface area (Å²) in [7, 11) is 0. The van der Waals surface area contributed by atoms with Gasteiger partial charge in [-0.1, -0.05) is 23.8 Å². The lowest BCUT2D eigenvalue weighted by atomic mass is 10.1. The van der Waals surface area contributed by atoms with Crippen molar-refractivity contribution in [1.29, 1.82) is 0 Å². The number of carbonyl (C=O) groups is 1. The molecule has 0 fully saturated rings. The second kappa shape index (κ2) is 5.22. The molecular formula is C12H14O2. The Labute approximate surface area is 84.2 Å². The average Bonchev–Trinajstić information content (AvgIpc) is 2.20. The van der Waals surface area contributed by atoms with Gasteiger partial charge in [-0.3, -0.25) is 4.79 Å². The van der Waals surface area contributed by atoms with Crippen LogP contribution in [0.15, 0.2) is 30.4 Å². The normalized spacial score (nSPS) is 10.4. The Bertz CT molecular complexity index is 340. The monoisotopic (exact) mass is 190 g/mol. The predicted molar refractivity (Wildman–Crippen MR) is 56.9 cm³/mol. The van der Waals surface area contributed by atoms with Gasteiger partial charge in [0.1, 0.15) is 12.4 Å². The summed E-state index contributed by atoms with van der Waals surface area (Å²) in [6, 6.07) is 5.57. The molecular weight excluding hydrogens is 176 g/mol. The lowest BCUT2D eigenvalue weighted by Gasteiger charge is -2.06. The number of benzene rings is 1. The van der Waals surface area contributed by atoms with Gasteiger partial charge >= 0.3 is 0 Å². The first-order valence-corrected chi connectivity index (χ1v) is 4.57. The summed E-state index contributed by atoms with van der Waals surface area (Å²) in [5.41, 5.74) is 1.67. The molecule has 0 heterocycles. The lowest BCUT2D eigenvalue weighted by molar-refractivity contribution is 0.112. The molecule has 0 atom stereocenters. The van der Waals surface area contributed by atoms with Crippen molar-refractivity contribution < 1.29 is 9.53 Å². The first kappa shape index (κ1) is 10.5. The van der Waals surface area contributed by atoms with Crippen molar-refractivity contribution in [2.45, 2.75) is 13.8 Å². The largest absolute Gasteiger partial charge is 0.489 e. The summed E-state index contributed by atoms with van der Waals surface area (Å²) in [6.07, 6.45) is 4.63. The molecule has 0 spiro atoms. The maximum Gasteiger partial charge on any atom is 0.153 e. The van der Waals surface area contributed by atoms with Crippen LogP contribution in [0.3, 0.4) is 0 Å². The summed E-state index contributed by atoms with van der Waals surface area (Å²) in [5, 5.41) is 0. The molecule has 0 amide bonds. The molecule has 1 aromatic carbocycles. The highest BCUT2D eigenvalue weighted by Crippen LogP contribution is 2.17. The van der Waals surface area contributed by atoms with Crippen LogP contribution >= 0.6 is 0 Å². The summed E-state index contributed by atoms with van der Waals surface area (Å²) < 4.78 is 5.41. The van der Waals surface area contributed by atoms with E-state index in [1.807, 2.05) is 44.2 Å². The Kier molecular flexibility index (Phi) is 3.92. The Balaban J connectivity index is 2.80. The number of hydrogen-bond acceptors (Lipinski definition) is 2.